The second kappa shape index (κ2) is 6.33. The lowest BCUT2D eigenvalue weighted by atomic mass is 10.1. The fourth-order valence-electron chi connectivity index (χ4n) is 1.90. The Bertz CT molecular complexity index is 306. The van der Waals surface area contributed by atoms with Gasteiger partial charge in [-0.05, 0) is 26.2 Å². The maximum Gasteiger partial charge on any atom is 0.279 e. The fraction of sp³-hybridized carbons (Fsp3) is 1.00. The number of rotatable bonds is 5. The standard InChI is InChI=1S/C10H21BrN2O2S/c1-9(11)6-7-12-16(14,15)13-8-4-3-5-10(13)2/h9-10,12H,3-8H2,1-2H3. The summed E-state index contributed by atoms with van der Waals surface area (Å²) in [4.78, 5) is 0.342. The summed E-state index contributed by atoms with van der Waals surface area (Å²) in [5, 5.41) is 0. The van der Waals surface area contributed by atoms with E-state index in [0.29, 0.717) is 17.9 Å². The smallest absolute Gasteiger partial charge is 0.202 e. The van der Waals surface area contributed by atoms with Gasteiger partial charge in [-0.3, -0.25) is 0 Å². The predicted octanol–water partition coefficient (Wildman–Crippen LogP) is 1.87. The van der Waals surface area contributed by atoms with Crippen LogP contribution in [0.2, 0.25) is 0 Å². The van der Waals surface area contributed by atoms with Gasteiger partial charge in [-0.15, -0.1) is 0 Å². The van der Waals surface area contributed by atoms with Gasteiger partial charge in [0.15, 0.2) is 0 Å². The molecule has 1 rings (SSSR count). The largest absolute Gasteiger partial charge is 0.279 e. The van der Waals surface area contributed by atoms with Crippen molar-refractivity contribution in [3.63, 3.8) is 0 Å². The molecule has 1 fully saturated rings. The molecule has 16 heavy (non-hydrogen) atoms. The molecule has 0 aromatic rings. The van der Waals surface area contributed by atoms with Crippen molar-refractivity contribution in [2.45, 2.75) is 50.4 Å². The van der Waals surface area contributed by atoms with Crippen LogP contribution < -0.4 is 4.72 Å². The van der Waals surface area contributed by atoms with Crippen molar-refractivity contribution in [1.29, 1.82) is 0 Å². The van der Waals surface area contributed by atoms with Crippen LogP contribution in [0.3, 0.4) is 0 Å². The summed E-state index contributed by atoms with van der Waals surface area (Å²) in [7, 11) is -3.27. The van der Waals surface area contributed by atoms with Crippen LogP contribution in [-0.2, 0) is 10.2 Å². The molecule has 0 amide bonds. The Labute approximate surface area is 107 Å². The Kier molecular flexibility index (Phi) is 5.70. The van der Waals surface area contributed by atoms with E-state index in [9.17, 15) is 8.42 Å². The zero-order valence-corrected chi connectivity index (χ0v) is 12.3. The highest BCUT2D eigenvalue weighted by Crippen LogP contribution is 2.19. The lowest BCUT2D eigenvalue weighted by Gasteiger charge is -2.32. The Morgan fingerprint density at radius 3 is 2.75 bits per heavy atom. The van der Waals surface area contributed by atoms with Gasteiger partial charge >= 0.3 is 0 Å². The summed E-state index contributed by atoms with van der Waals surface area (Å²) in [6.07, 6.45) is 3.88. The molecule has 1 N–H and O–H groups in total. The van der Waals surface area contributed by atoms with Crippen molar-refractivity contribution in [1.82, 2.24) is 9.03 Å². The molecule has 2 atom stereocenters. The van der Waals surface area contributed by atoms with E-state index in [1.54, 1.807) is 4.31 Å². The normalized spacial score (nSPS) is 25.6. The summed E-state index contributed by atoms with van der Waals surface area (Å²) >= 11 is 3.40. The molecule has 0 aliphatic carbocycles. The molecule has 96 valence electrons. The van der Waals surface area contributed by atoms with Gasteiger partial charge < -0.3 is 0 Å². The van der Waals surface area contributed by atoms with Crippen LogP contribution in [-0.4, -0.2) is 36.7 Å². The molecule has 0 bridgehead atoms. The van der Waals surface area contributed by atoms with Crippen LogP contribution in [0.1, 0.15) is 39.5 Å². The van der Waals surface area contributed by atoms with Gasteiger partial charge in [0, 0.05) is 24.0 Å². The number of nitrogens with one attached hydrogen (secondary N) is 1. The van der Waals surface area contributed by atoms with Crippen molar-refractivity contribution in [2.24, 2.45) is 0 Å². The first-order valence-electron chi connectivity index (χ1n) is 5.84. The second-order valence-electron chi connectivity index (χ2n) is 4.42. The van der Waals surface area contributed by atoms with Gasteiger partial charge in [-0.25, -0.2) is 4.72 Å². The lowest BCUT2D eigenvalue weighted by Crippen LogP contribution is -2.48. The minimum Gasteiger partial charge on any atom is -0.202 e. The fourth-order valence-corrected chi connectivity index (χ4v) is 3.62. The molecule has 6 heteroatoms. The lowest BCUT2D eigenvalue weighted by molar-refractivity contribution is 0.265. The first kappa shape index (κ1) is 14.4. The van der Waals surface area contributed by atoms with E-state index >= 15 is 0 Å². The van der Waals surface area contributed by atoms with E-state index in [1.807, 2.05) is 13.8 Å². The Hall–Kier alpha value is 0.350. The summed E-state index contributed by atoms with van der Waals surface area (Å²) in [5.41, 5.74) is 0. The molecule has 0 aromatic carbocycles. The highest BCUT2D eigenvalue weighted by atomic mass is 79.9. The molecular weight excluding hydrogens is 292 g/mol. The predicted molar refractivity (Wildman–Crippen MR) is 69.9 cm³/mol. The monoisotopic (exact) mass is 312 g/mol. The number of nitrogens with zero attached hydrogens (tertiary/aromatic N) is 1. The molecule has 1 aliphatic rings. The average molecular weight is 313 g/mol. The molecule has 2 unspecified atom stereocenters. The highest BCUT2D eigenvalue weighted by Gasteiger charge is 2.28. The Morgan fingerprint density at radius 1 is 1.50 bits per heavy atom. The number of piperidine rings is 1. The van der Waals surface area contributed by atoms with Crippen molar-refractivity contribution >= 4 is 26.1 Å². The first-order chi connectivity index (χ1) is 7.43. The van der Waals surface area contributed by atoms with Gasteiger partial charge in [-0.2, -0.15) is 12.7 Å². The third-order valence-electron chi connectivity index (χ3n) is 2.88. The summed E-state index contributed by atoms with van der Waals surface area (Å²) in [6, 6.07) is 0.132. The van der Waals surface area contributed by atoms with Crippen molar-refractivity contribution in [2.75, 3.05) is 13.1 Å². The minimum atomic E-state index is -3.27. The third-order valence-corrected chi connectivity index (χ3v) is 5.06. The SMILES string of the molecule is CC(Br)CCNS(=O)(=O)N1CCCCC1C. The first-order valence-corrected chi connectivity index (χ1v) is 8.19. The molecule has 0 saturated carbocycles. The average Bonchev–Trinajstić information content (AvgIpc) is 2.17. The zero-order valence-electron chi connectivity index (χ0n) is 9.95. The molecular formula is C10H21BrN2O2S. The molecule has 1 saturated heterocycles. The zero-order chi connectivity index (χ0) is 12.2. The number of hydrogen-bond acceptors (Lipinski definition) is 2. The van der Waals surface area contributed by atoms with Crippen molar-refractivity contribution in [3.05, 3.63) is 0 Å². The van der Waals surface area contributed by atoms with E-state index in [0.717, 1.165) is 25.7 Å². The van der Waals surface area contributed by atoms with Gasteiger partial charge in [0.1, 0.15) is 0 Å². The molecule has 0 radical (unpaired) electrons. The van der Waals surface area contributed by atoms with E-state index < -0.39 is 10.2 Å². The molecule has 1 aliphatic heterocycles. The quantitative estimate of drug-likeness (QED) is 0.788. The molecule has 4 nitrogen and oxygen atoms in total. The summed E-state index contributed by atoms with van der Waals surface area (Å²) < 4.78 is 28.2. The van der Waals surface area contributed by atoms with E-state index in [2.05, 4.69) is 20.7 Å². The Morgan fingerprint density at radius 2 is 2.19 bits per heavy atom. The molecule has 0 spiro atoms. The summed E-state index contributed by atoms with van der Waals surface area (Å²) in [6.45, 7) is 5.14. The topological polar surface area (TPSA) is 49.4 Å². The van der Waals surface area contributed by atoms with E-state index in [-0.39, 0.29) is 6.04 Å². The highest BCUT2D eigenvalue weighted by molar-refractivity contribution is 9.09. The maximum absolute atomic E-state index is 12.0. The van der Waals surface area contributed by atoms with Gasteiger partial charge in [0.05, 0.1) is 0 Å². The number of halogens is 1. The molecule has 1 heterocycles. The van der Waals surface area contributed by atoms with Crippen LogP contribution >= 0.6 is 15.9 Å². The Balaban J connectivity index is 2.48. The number of alkyl halides is 1. The van der Waals surface area contributed by atoms with Crippen molar-refractivity contribution in [3.8, 4) is 0 Å². The second-order valence-corrected chi connectivity index (χ2v) is 7.70. The van der Waals surface area contributed by atoms with Gasteiger partial charge in [-0.1, -0.05) is 29.3 Å². The van der Waals surface area contributed by atoms with Crippen LogP contribution in [0.4, 0.5) is 0 Å². The third kappa shape index (κ3) is 4.31. The van der Waals surface area contributed by atoms with Crippen molar-refractivity contribution < 1.29 is 8.42 Å². The van der Waals surface area contributed by atoms with Gasteiger partial charge in [0.25, 0.3) is 10.2 Å². The van der Waals surface area contributed by atoms with Crippen LogP contribution in [0.25, 0.3) is 0 Å². The van der Waals surface area contributed by atoms with E-state index in [4.69, 9.17) is 0 Å². The van der Waals surface area contributed by atoms with Crippen LogP contribution in [0.5, 0.6) is 0 Å². The van der Waals surface area contributed by atoms with Crippen LogP contribution in [0.15, 0.2) is 0 Å². The molecule has 0 aromatic heterocycles. The van der Waals surface area contributed by atoms with Gasteiger partial charge in [0.2, 0.25) is 0 Å². The summed E-state index contributed by atoms with van der Waals surface area (Å²) in [5.74, 6) is 0. The maximum atomic E-state index is 12.0. The van der Waals surface area contributed by atoms with E-state index in [1.165, 1.54) is 0 Å². The van der Waals surface area contributed by atoms with Crippen LogP contribution in [0, 0.1) is 0 Å². The minimum absolute atomic E-state index is 0.132. The number of hydrogen-bond donors (Lipinski definition) is 1.